The lowest BCUT2D eigenvalue weighted by molar-refractivity contribution is 0.877. The maximum absolute atomic E-state index is 5.77. The fraction of sp³-hybridized carbons (Fsp3) is 0. The summed E-state index contributed by atoms with van der Waals surface area (Å²) < 4.78 is 20.0. The molecule has 0 atom stereocenters. The molecule has 0 fully saturated rings. The van der Waals surface area contributed by atoms with E-state index in [4.69, 9.17) is 44.9 Å². The summed E-state index contributed by atoms with van der Waals surface area (Å²) in [5.74, 6) is 4.55. The summed E-state index contributed by atoms with van der Waals surface area (Å²) in [6, 6.07) is 180. The standard InChI is InChI=1S/C129H82N18Si2/c1-5-35-89(36-6-1)148(90-37-7-2-8-38-90,94-74-68-87(69-75-94)139-106-51-20-13-44-97(106)98-45-14-21-52-107(98)139)93-72-64-83(65-73-93)121-133-123(141-110-55-24-17-48-101(110)102-49-18-25-56-111(102)141)137-124(134-121)146-117-62-31-28-59-114(117)143-119-81-84(66-78-104(119)131-128(143)146)85-67-79-105-120(82-85)144-115-60-29-32-63-118(115)147(129(144)132-105)126-136-122(135-125(138-126)145-116-61-30-27-58-113(116)142-112-57-26-19-50-103(112)130-127(142)145)86-34-33-43-96(80-86)149(91-39-9-3-10-40-91,92-41-11-4-12-42-92)95-76-70-88(71-77-95)140-108-53-22-15-46-99(108)100-47-16-23-54-109(100)140/h1-82H. The molecule has 0 aliphatic carbocycles. The van der Waals surface area contributed by atoms with E-state index in [1.807, 2.05) is 6.07 Å². The zero-order chi connectivity index (χ0) is 97.7. The van der Waals surface area contributed by atoms with Gasteiger partial charge in [-0.1, -0.05) is 364 Å². The van der Waals surface area contributed by atoms with E-state index in [9.17, 15) is 0 Å². The lowest BCUT2D eigenvalue weighted by atomic mass is 10.0. The first kappa shape index (κ1) is 83.7. The van der Waals surface area contributed by atoms with E-state index >= 15 is 0 Å². The maximum Gasteiger partial charge on any atom is 0.242 e. The van der Waals surface area contributed by atoms with E-state index in [1.165, 1.54) is 68.9 Å². The summed E-state index contributed by atoms with van der Waals surface area (Å²) in [4.78, 5) is 50.8. The Hall–Kier alpha value is -19.9. The lowest BCUT2D eigenvalue weighted by Gasteiger charge is -2.34. The fourth-order valence-electron chi connectivity index (χ4n) is 24.2. The van der Waals surface area contributed by atoms with Crippen LogP contribution >= 0.6 is 0 Å². The van der Waals surface area contributed by atoms with Gasteiger partial charge >= 0.3 is 0 Å². The van der Waals surface area contributed by atoms with Crippen molar-refractivity contribution in [2.45, 2.75) is 0 Å². The molecule has 149 heavy (non-hydrogen) atoms. The van der Waals surface area contributed by atoms with Gasteiger partial charge in [-0.15, -0.1) is 0 Å². The molecule has 0 radical (unpaired) electrons. The van der Waals surface area contributed by atoms with Crippen LogP contribution in [0.3, 0.4) is 0 Å². The summed E-state index contributed by atoms with van der Waals surface area (Å²) in [5.41, 5.74) is 23.0. The Kier molecular flexibility index (Phi) is 18.4. The van der Waals surface area contributed by atoms with Crippen LogP contribution in [0.4, 0.5) is 0 Å². The van der Waals surface area contributed by atoms with Crippen LogP contribution in [0.2, 0.25) is 0 Å². The molecule has 0 aliphatic heterocycles. The highest BCUT2D eigenvalue weighted by molar-refractivity contribution is 7.20. The van der Waals surface area contributed by atoms with Gasteiger partial charge in [0, 0.05) is 54.8 Å². The molecule has 18 nitrogen and oxygen atoms in total. The number of hydrogen-bond donors (Lipinski definition) is 0. The molecule has 0 saturated carbocycles. The second-order valence-corrected chi connectivity index (χ2v) is 46.1. The van der Waals surface area contributed by atoms with Crippen molar-refractivity contribution in [1.82, 2.24) is 85.5 Å². The summed E-state index contributed by atoms with van der Waals surface area (Å²) in [6.07, 6.45) is 0. The normalized spacial score (nSPS) is 12.3. The van der Waals surface area contributed by atoms with E-state index in [1.54, 1.807) is 0 Å². The monoisotopic (exact) mass is 1940 g/mol. The minimum atomic E-state index is -3.27. The molecule has 20 aromatic carbocycles. The number of benzene rings is 20. The van der Waals surface area contributed by atoms with Gasteiger partial charge in [-0.3, -0.25) is 17.8 Å². The molecule has 0 bridgehead atoms. The quantitative estimate of drug-likeness (QED) is 0.0639. The zero-order valence-corrected chi connectivity index (χ0v) is 81.9. The Morgan fingerprint density at radius 2 is 0.396 bits per heavy atom. The number of imidazole rings is 6. The van der Waals surface area contributed by atoms with Gasteiger partial charge < -0.3 is 9.13 Å². The SMILES string of the molecule is c1ccc([Si](c2ccccc2)(c2ccc(-c3nc(-n4c5ccccc5c5ccccc54)nc(-n4c5ccccc5n5c6cc(-c7ccc8nc9n(-c%10nc(-c%11cccc([Si](c%12ccccc%12)(c%12ccccc%12)c%12ccc(-n%13c%14ccccc%14c%14ccccc%14%13)cc%12)c%11)nc(-n%11c%12ccccc%12n%12c%13ccccc%13nc%11%12)n%10)c%10ccccc%10n9c8c7)ccc6nc45)n3)cc2)c2ccc(-n3c4ccccc4c4ccccc43)cc2)cc1. The highest BCUT2D eigenvalue weighted by Gasteiger charge is 2.44. The van der Waals surface area contributed by atoms with Gasteiger partial charge in [-0.2, -0.15) is 29.9 Å². The van der Waals surface area contributed by atoms with Crippen LogP contribution in [0.15, 0.2) is 497 Å². The molecule has 20 heteroatoms. The van der Waals surface area contributed by atoms with Crippen molar-refractivity contribution < 1.29 is 0 Å². The molecule has 11 heterocycles. The number of nitrogens with zero attached hydrogens (tertiary/aromatic N) is 18. The minimum Gasteiger partial charge on any atom is -0.309 e. The summed E-state index contributed by atoms with van der Waals surface area (Å²) >= 11 is 0. The van der Waals surface area contributed by atoms with Gasteiger partial charge in [-0.05, 0) is 186 Å². The van der Waals surface area contributed by atoms with Crippen LogP contribution in [-0.4, -0.2) is 102 Å². The molecule has 0 amide bonds. The fourth-order valence-corrected chi connectivity index (χ4v) is 33.7. The molecule has 11 aromatic heterocycles. The molecule has 31 aromatic rings. The third kappa shape index (κ3) is 12.5. The van der Waals surface area contributed by atoms with Crippen molar-refractivity contribution in [2.75, 3.05) is 0 Å². The predicted molar refractivity (Wildman–Crippen MR) is 609 cm³/mol. The molecular formula is C129H82N18Si2. The van der Waals surface area contributed by atoms with Crippen molar-refractivity contribution in [2.24, 2.45) is 0 Å². The number of para-hydroxylation sites is 14. The molecule has 0 aliphatic rings. The van der Waals surface area contributed by atoms with Gasteiger partial charge in [0.25, 0.3) is 0 Å². The van der Waals surface area contributed by atoms with Crippen LogP contribution in [-0.2, 0) is 0 Å². The Morgan fingerprint density at radius 1 is 0.141 bits per heavy atom. The second kappa shape index (κ2) is 32.8. The van der Waals surface area contributed by atoms with Crippen LogP contribution < -0.4 is 41.5 Å². The van der Waals surface area contributed by atoms with Gasteiger partial charge in [0.05, 0.1) is 99.3 Å². The third-order valence-corrected chi connectivity index (χ3v) is 40.3. The van der Waals surface area contributed by atoms with Crippen molar-refractivity contribution in [3.8, 4) is 69.1 Å². The lowest BCUT2D eigenvalue weighted by Crippen LogP contribution is -2.74. The first-order chi connectivity index (χ1) is 73.9. The van der Waals surface area contributed by atoms with Gasteiger partial charge in [0.1, 0.15) is 0 Å². The molecule has 0 saturated heterocycles. The number of rotatable bonds is 17. The zero-order valence-electron chi connectivity index (χ0n) is 79.9. The van der Waals surface area contributed by atoms with Crippen molar-refractivity contribution in [3.05, 3.63) is 497 Å². The Balaban J connectivity index is 0.555. The highest BCUT2D eigenvalue weighted by Crippen LogP contribution is 2.42. The molecule has 696 valence electrons. The number of hydrogen-bond acceptors (Lipinski definition) is 9. The molecule has 0 N–H and O–H groups in total. The summed E-state index contributed by atoms with van der Waals surface area (Å²) in [5, 5.41) is 16.9. The van der Waals surface area contributed by atoms with E-state index in [0.717, 1.165) is 138 Å². The second-order valence-electron chi connectivity index (χ2n) is 38.5. The third-order valence-electron chi connectivity index (χ3n) is 30.7. The van der Waals surface area contributed by atoms with Crippen LogP contribution in [0, 0.1) is 0 Å². The Bertz CT molecular complexity index is 10700. The van der Waals surface area contributed by atoms with E-state index in [-0.39, 0.29) is 0 Å². The minimum absolute atomic E-state index is 0.375. The smallest absolute Gasteiger partial charge is 0.242 e. The Morgan fingerprint density at radius 3 is 0.758 bits per heavy atom. The molecule has 0 unspecified atom stereocenters. The van der Waals surface area contributed by atoms with Crippen molar-refractivity contribution in [3.63, 3.8) is 0 Å². The van der Waals surface area contributed by atoms with Crippen LogP contribution in [0.5, 0.6) is 0 Å². The maximum atomic E-state index is 5.77. The largest absolute Gasteiger partial charge is 0.309 e. The van der Waals surface area contributed by atoms with Gasteiger partial charge in [0.2, 0.25) is 41.1 Å². The average Bonchev–Trinajstić information content (AvgIpc) is 1.66. The molecule has 0 spiro atoms. The van der Waals surface area contributed by atoms with Crippen molar-refractivity contribution in [1.29, 1.82) is 0 Å². The highest BCUT2D eigenvalue weighted by atomic mass is 28.3. The number of fused-ring (bicyclic) bond motifs is 24. The number of aromatic nitrogens is 18. The first-order valence-electron chi connectivity index (χ1n) is 50.2. The first-order valence-corrected chi connectivity index (χ1v) is 54.2. The molecule has 31 rings (SSSR count). The average molecular weight is 1940 g/mol. The molecular weight excluding hydrogens is 1860 g/mol. The van der Waals surface area contributed by atoms with Crippen molar-refractivity contribution >= 4 is 207 Å². The van der Waals surface area contributed by atoms with E-state index < -0.39 is 16.1 Å². The van der Waals surface area contributed by atoms with Gasteiger partial charge in [0.15, 0.2) is 27.8 Å². The van der Waals surface area contributed by atoms with Crippen LogP contribution in [0.25, 0.3) is 218 Å². The Labute approximate surface area is 852 Å². The topological polar surface area (TPSA) is 159 Å². The van der Waals surface area contributed by atoms with E-state index in [2.05, 4.69) is 532 Å². The summed E-state index contributed by atoms with van der Waals surface area (Å²) in [6.45, 7) is 0. The summed E-state index contributed by atoms with van der Waals surface area (Å²) in [7, 11) is -6.40. The van der Waals surface area contributed by atoms with Gasteiger partial charge in [-0.25, -0.2) is 28.7 Å². The van der Waals surface area contributed by atoms with Crippen LogP contribution in [0.1, 0.15) is 0 Å². The predicted octanol–water partition coefficient (Wildman–Crippen LogP) is 23.3. The van der Waals surface area contributed by atoms with E-state index in [0.29, 0.717) is 52.8 Å².